The van der Waals surface area contributed by atoms with Crippen LogP contribution in [0, 0.1) is 0 Å². The van der Waals surface area contributed by atoms with Crippen molar-refractivity contribution < 1.29 is 18.0 Å². The largest absolute Gasteiger partial charge is 0.389 e. The van der Waals surface area contributed by atoms with Crippen LogP contribution in [0.5, 0.6) is 0 Å². The fourth-order valence-corrected chi connectivity index (χ4v) is 2.33. The van der Waals surface area contributed by atoms with Crippen LogP contribution >= 0.6 is 15.9 Å². The monoisotopic (exact) mass is 359 g/mol. The van der Waals surface area contributed by atoms with Gasteiger partial charge in [0.15, 0.2) is 0 Å². The Bertz CT molecular complexity index is 655. The van der Waals surface area contributed by atoms with Crippen molar-refractivity contribution in [3.63, 3.8) is 0 Å². The smallest absolute Gasteiger partial charge is 0.352 e. The zero-order chi connectivity index (χ0) is 15.5. The van der Waals surface area contributed by atoms with Crippen LogP contribution in [0.25, 0.3) is 10.8 Å². The number of amides is 1. The van der Waals surface area contributed by atoms with Crippen molar-refractivity contribution in [2.45, 2.75) is 19.0 Å². The number of nitrogens with one attached hydrogen (secondary N) is 1. The molecule has 0 unspecified atom stereocenters. The molecule has 1 N–H and O–H groups in total. The third-order valence-corrected chi connectivity index (χ3v) is 3.48. The predicted octanol–water partition coefficient (Wildman–Crippen LogP) is 4.67. The van der Waals surface area contributed by atoms with E-state index in [1.807, 2.05) is 24.3 Å². The molecule has 0 saturated carbocycles. The Labute approximate surface area is 128 Å². The van der Waals surface area contributed by atoms with Gasteiger partial charge in [-0.25, -0.2) is 0 Å². The molecule has 0 aliphatic heterocycles. The predicted molar refractivity (Wildman–Crippen MR) is 79.3 cm³/mol. The maximum atomic E-state index is 12.0. The first kappa shape index (κ1) is 15.8. The average Bonchev–Trinajstić information content (AvgIpc) is 2.41. The highest BCUT2D eigenvalue weighted by atomic mass is 79.9. The van der Waals surface area contributed by atoms with Crippen LogP contribution in [0.15, 0.2) is 40.9 Å². The molecule has 0 heterocycles. The first-order chi connectivity index (χ1) is 9.85. The lowest BCUT2D eigenvalue weighted by Gasteiger charge is -2.08. The van der Waals surface area contributed by atoms with Crippen molar-refractivity contribution in [1.29, 1.82) is 0 Å². The van der Waals surface area contributed by atoms with Crippen molar-refractivity contribution in [2.75, 3.05) is 6.54 Å². The third-order valence-electron chi connectivity index (χ3n) is 2.99. The van der Waals surface area contributed by atoms with Gasteiger partial charge >= 0.3 is 6.18 Å². The summed E-state index contributed by atoms with van der Waals surface area (Å²) in [6, 6.07) is 10.9. The Balaban J connectivity index is 1.98. The summed E-state index contributed by atoms with van der Waals surface area (Å²) in [6.07, 6.45) is -5.18. The number of hydrogen-bond acceptors (Lipinski definition) is 1. The maximum absolute atomic E-state index is 12.0. The zero-order valence-electron chi connectivity index (χ0n) is 11.0. The van der Waals surface area contributed by atoms with Gasteiger partial charge in [-0.05, 0) is 41.5 Å². The summed E-state index contributed by atoms with van der Waals surface area (Å²) in [4.78, 5) is 11.9. The van der Waals surface area contributed by atoms with Gasteiger partial charge in [-0.15, -0.1) is 0 Å². The molecular formula is C15H13BrF3NO. The van der Waals surface area contributed by atoms with Crippen molar-refractivity contribution >= 4 is 32.6 Å². The fraction of sp³-hybridized carbons (Fsp3) is 0.267. The number of carbonyl (C=O) groups is 1. The lowest BCUT2D eigenvalue weighted by atomic mass is 10.1. The maximum Gasteiger partial charge on any atom is 0.389 e. The molecule has 2 aromatic carbocycles. The molecule has 2 aromatic rings. The van der Waals surface area contributed by atoms with E-state index in [1.54, 1.807) is 12.1 Å². The molecule has 0 spiro atoms. The lowest BCUT2D eigenvalue weighted by Crippen LogP contribution is -2.25. The standard InChI is InChI=1S/C15H13BrF3NO/c16-13-5-4-10-8-12(3-2-11(10)9-13)14(21)20-7-1-6-15(17,18)19/h2-5,8-9H,1,6-7H2,(H,20,21). The van der Waals surface area contributed by atoms with Crippen LogP contribution in [0.3, 0.4) is 0 Å². The topological polar surface area (TPSA) is 29.1 Å². The SMILES string of the molecule is O=C(NCCCC(F)(F)F)c1ccc2cc(Br)ccc2c1. The van der Waals surface area contributed by atoms with Gasteiger partial charge in [0.1, 0.15) is 0 Å². The molecule has 21 heavy (non-hydrogen) atoms. The molecule has 2 nitrogen and oxygen atoms in total. The van der Waals surface area contributed by atoms with Crippen LogP contribution in [-0.2, 0) is 0 Å². The van der Waals surface area contributed by atoms with Gasteiger partial charge in [-0.2, -0.15) is 13.2 Å². The summed E-state index contributed by atoms with van der Waals surface area (Å²) >= 11 is 3.37. The summed E-state index contributed by atoms with van der Waals surface area (Å²) in [5.41, 5.74) is 0.442. The van der Waals surface area contributed by atoms with E-state index >= 15 is 0 Å². The fourth-order valence-electron chi connectivity index (χ4n) is 1.95. The van der Waals surface area contributed by atoms with Crippen LogP contribution in [0.4, 0.5) is 13.2 Å². The lowest BCUT2D eigenvalue weighted by molar-refractivity contribution is -0.135. The van der Waals surface area contributed by atoms with Crippen LogP contribution in [-0.4, -0.2) is 18.6 Å². The van der Waals surface area contributed by atoms with E-state index in [9.17, 15) is 18.0 Å². The normalized spacial score (nSPS) is 11.6. The second-order valence-electron chi connectivity index (χ2n) is 4.68. The molecule has 2 rings (SSSR count). The van der Waals surface area contributed by atoms with Crippen LogP contribution < -0.4 is 5.32 Å². The summed E-state index contributed by atoms with van der Waals surface area (Å²) in [6.45, 7) is 0.0106. The number of rotatable bonds is 4. The van der Waals surface area contributed by atoms with Gasteiger partial charge < -0.3 is 5.32 Å². The minimum atomic E-state index is -4.18. The molecule has 0 radical (unpaired) electrons. The number of halogens is 4. The Morgan fingerprint density at radius 3 is 2.48 bits per heavy atom. The second kappa shape index (κ2) is 6.47. The van der Waals surface area contributed by atoms with Crippen molar-refractivity contribution in [3.8, 4) is 0 Å². The quantitative estimate of drug-likeness (QED) is 0.789. The van der Waals surface area contributed by atoms with Gasteiger partial charge in [0, 0.05) is 23.0 Å². The summed E-state index contributed by atoms with van der Waals surface area (Å²) in [7, 11) is 0. The van der Waals surface area contributed by atoms with Crippen LogP contribution in [0.2, 0.25) is 0 Å². The molecule has 0 aromatic heterocycles. The number of carbonyl (C=O) groups excluding carboxylic acids is 1. The number of hydrogen-bond donors (Lipinski definition) is 1. The Morgan fingerprint density at radius 2 is 1.76 bits per heavy atom. The second-order valence-corrected chi connectivity index (χ2v) is 5.60. The number of benzene rings is 2. The van der Waals surface area contributed by atoms with E-state index in [0.29, 0.717) is 5.56 Å². The third kappa shape index (κ3) is 4.74. The number of alkyl halides is 3. The summed E-state index contributed by atoms with van der Waals surface area (Å²) < 4.78 is 36.9. The highest BCUT2D eigenvalue weighted by molar-refractivity contribution is 9.10. The Kier molecular flexibility index (Phi) is 4.88. The van der Waals surface area contributed by atoms with Crippen molar-refractivity contribution in [1.82, 2.24) is 5.32 Å². The summed E-state index contributed by atoms with van der Waals surface area (Å²) in [5.74, 6) is -0.359. The van der Waals surface area contributed by atoms with Crippen molar-refractivity contribution in [2.24, 2.45) is 0 Å². The molecule has 0 bridgehead atoms. The Morgan fingerprint density at radius 1 is 1.10 bits per heavy atom. The molecule has 0 fully saturated rings. The van der Waals surface area contributed by atoms with Crippen molar-refractivity contribution in [3.05, 3.63) is 46.4 Å². The molecule has 0 saturated heterocycles. The van der Waals surface area contributed by atoms with Gasteiger partial charge in [-0.3, -0.25) is 4.79 Å². The van der Waals surface area contributed by atoms with E-state index in [-0.39, 0.29) is 18.9 Å². The minimum Gasteiger partial charge on any atom is -0.352 e. The molecular weight excluding hydrogens is 347 g/mol. The van der Waals surface area contributed by atoms with E-state index in [4.69, 9.17) is 0 Å². The van der Waals surface area contributed by atoms with Gasteiger partial charge in [-0.1, -0.05) is 28.1 Å². The van der Waals surface area contributed by atoms with E-state index in [2.05, 4.69) is 21.2 Å². The van der Waals surface area contributed by atoms with Crippen LogP contribution in [0.1, 0.15) is 23.2 Å². The minimum absolute atomic E-state index is 0.0106. The summed E-state index contributed by atoms with van der Waals surface area (Å²) in [5, 5.41) is 4.39. The molecule has 0 atom stereocenters. The molecule has 0 aliphatic carbocycles. The molecule has 1 amide bonds. The molecule has 0 aliphatic rings. The van der Waals surface area contributed by atoms with E-state index in [1.165, 1.54) is 0 Å². The van der Waals surface area contributed by atoms with Gasteiger partial charge in [0.2, 0.25) is 0 Å². The number of fused-ring (bicyclic) bond motifs is 1. The highest BCUT2D eigenvalue weighted by Gasteiger charge is 2.25. The Hall–Kier alpha value is -1.56. The van der Waals surface area contributed by atoms with E-state index < -0.39 is 12.6 Å². The van der Waals surface area contributed by atoms with Gasteiger partial charge in [0.05, 0.1) is 0 Å². The molecule has 6 heteroatoms. The first-order valence-electron chi connectivity index (χ1n) is 6.39. The molecule has 112 valence electrons. The van der Waals surface area contributed by atoms with E-state index in [0.717, 1.165) is 15.2 Å². The zero-order valence-corrected chi connectivity index (χ0v) is 12.6. The average molecular weight is 360 g/mol. The highest BCUT2D eigenvalue weighted by Crippen LogP contribution is 2.22. The first-order valence-corrected chi connectivity index (χ1v) is 7.19. The van der Waals surface area contributed by atoms with Gasteiger partial charge in [0.25, 0.3) is 5.91 Å².